The summed E-state index contributed by atoms with van der Waals surface area (Å²) in [7, 11) is 0. The first kappa shape index (κ1) is 18.2. The lowest BCUT2D eigenvalue weighted by Crippen LogP contribution is -2.08. The number of hydrogen-bond acceptors (Lipinski definition) is 5. The van der Waals surface area contributed by atoms with E-state index in [9.17, 15) is 10.1 Å². The molecule has 2 rings (SSSR count). The van der Waals surface area contributed by atoms with Crippen LogP contribution in [0.4, 0.5) is 5.69 Å². The van der Waals surface area contributed by atoms with Gasteiger partial charge in [-0.1, -0.05) is 5.16 Å². The fourth-order valence-corrected chi connectivity index (χ4v) is 3.96. The van der Waals surface area contributed by atoms with Crippen LogP contribution in [0.3, 0.4) is 0 Å². The Labute approximate surface area is 160 Å². The normalized spacial score (nSPS) is 11.4. The predicted octanol–water partition coefficient (Wildman–Crippen LogP) is 5.06. The molecule has 122 valence electrons. The molecule has 23 heavy (non-hydrogen) atoms. The molecule has 0 saturated heterocycles. The van der Waals surface area contributed by atoms with Crippen LogP contribution in [0.5, 0.6) is 5.75 Å². The standard InChI is InChI=1S/C15H14I2N2O4/c1-8(2)22-15-10(6-11(16)7-12(15)17)4-5-13-14(19(20)21)9(3)18-23-13/h4-8H,1-3H3. The van der Waals surface area contributed by atoms with Crippen molar-refractivity contribution in [2.75, 3.05) is 0 Å². The van der Waals surface area contributed by atoms with Gasteiger partial charge in [-0.05, 0) is 90.2 Å². The van der Waals surface area contributed by atoms with Gasteiger partial charge in [0.05, 0.1) is 14.6 Å². The highest BCUT2D eigenvalue weighted by Crippen LogP contribution is 2.32. The van der Waals surface area contributed by atoms with Crippen LogP contribution in [-0.2, 0) is 0 Å². The Balaban J connectivity index is 2.45. The second kappa shape index (κ2) is 7.60. The maximum atomic E-state index is 11.1. The largest absolute Gasteiger partial charge is 0.489 e. The zero-order valence-corrected chi connectivity index (χ0v) is 17.0. The van der Waals surface area contributed by atoms with Crippen LogP contribution in [0, 0.1) is 24.2 Å². The van der Waals surface area contributed by atoms with Gasteiger partial charge in [0.2, 0.25) is 5.76 Å². The first-order valence-electron chi connectivity index (χ1n) is 6.74. The minimum absolute atomic E-state index is 0.0255. The van der Waals surface area contributed by atoms with E-state index in [1.807, 2.05) is 26.0 Å². The molecule has 1 heterocycles. The summed E-state index contributed by atoms with van der Waals surface area (Å²) in [6.07, 6.45) is 3.32. The molecule has 0 bridgehead atoms. The van der Waals surface area contributed by atoms with Crippen molar-refractivity contribution in [1.82, 2.24) is 5.16 Å². The van der Waals surface area contributed by atoms with Crippen molar-refractivity contribution in [3.63, 3.8) is 0 Å². The third-order valence-corrected chi connectivity index (χ3v) is 4.27. The average molecular weight is 540 g/mol. The molecule has 0 fully saturated rings. The number of ether oxygens (including phenoxy) is 1. The van der Waals surface area contributed by atoms with E-state index in [-0.39, 0.29) is 23.2 Å². The third kappa shape index (κ3) is 4.43. The molecule has 0 saturated carbocycles. The highest BCUT2D eigenvalue weighted by Gasteiger charge is 2.22. The lowest BCUT2D eigenvalue weighted by atomic mass is 10.1. The number of aromatic nitrogens is 1. The van der Waals surface area contributed by atoms with Crippen molar-refractivity contribution in [1.29, 1.82) is 0 Å². The number of nitrogens with zero attached hydrogens (tertiary/aromatic N) is 2. The van der Waals surface area contributed by atoms with Crippen LogP contribution in [0.1, 0.15) is 30.9 Å². The second-order valence-corrected chi connectivity index (χ2v) is 7.45. The summed E-state index contributed by atoms with van der Waals surface area (Å²) in [5.41, 5.74) is 0.969. The number of aryl methyl sites for hydroxylation is 1. The van der Waals surface area contributed by atoms with Crippen molar-refractivity contribution in [3.8, 4) is 5.75 Å². The molecule has 1 aromatic heterocycles. The van der Waals surface area contributed by atoms with Crippen molar-refractivity contribution in [2.45, 2.75) is 26.9 Å². The monoisotopic (exact) mass is 540 g/mol. The van der Waals surface area contributed by atoms with Crippen LogP contribution >= 0.6 is 45.2 Å². The second-order valence-electron chi connectivity index (χ2n) is 5.04. The van der Waals surface area contributed by atoms with Gasteiger partial charge in [-0.3, -0.25) is 10.1 Å². The lowest BCUT2D eigenvalue weighted by Gasteiger charge is -2.14. The molecule has 0 aliphatic heterocycles. The summed E-state index contributed by atoms with van der Waals surface area (Å²) < 4.78 is 12.9. The summed E-state index contributed by atoms with van der Waals surface area (Å²) >= 11 is 4.43. The predicted molar refractivity (Wildman–Crippen MR) is 104 cm³/mol. The molecule has 0 unspecified atom stereocenters. The average Bonchev–Trinajstić information content (AvgIpc) is 2.80. The van der Waals surface area contributed by atoms with Crippen LogP contribution in [0.2, 0.25) is 0 Å². The van der Waals surface area contributed by atoms with Gasteiger partial charge in [0, 0.05) is 9.13 Å². The van der Waals surface area contributed by atoms with Crippen molar-refractivity contribution in [3.05, 3.63) is 46.4 Å². The smallest absolute Gasteiger partial charge is 0.338 e. The van der Waals surface area contributed by atoms with E-state index in [4.69, 9.17) is 9.26 Å². The van der Waals surface area contributed by atoms with Gasteiger partial charge >= 0.3 is 5.69 Å². The van der Waals surface area contributed by atoms with E-state index in [0.717, 1.165) is 18.5 Å². The van der Waals surface area contributed by atoms with Crippen LogP contribution in [0.15, 0.2) is 16.7 Å². The molecular formula is C15H14I2N2O4. The zero-order valence-electron chi connectivity index (χ0n) is 12.7. The number of halogens is 2. The van der Waals surface area contributed by atoms with Gasteiger partial charge in [0.15, 0.2) is 5.69 Å². The molecule has 0 radical (unpaired) electrons. The summed E-state index contributed by atoms with van der Waals surface area (Å²) in [5, 5.41) is 14.7. The molecule has 1 aromatic carbocycles. The summed E-state index contributed by atoms with van der Waals surface area (Å²) in [4.78, 5) is 10.6. The summed E-state index contributed by atoms with van der Waals surface area (Å²) in [6.45, 7) is 5.44. The van der Waals surface area contributed by atoms with Crippen molar-refractivity contribution in [2.24, 2.45) is 0 Å². The SMILES string of the molecule is Cc1noc(C=Cc2cc(I)cc(I)c2OC(C)C)c1[N+](=O)[O-]. The van der Waals surface area contributed by atoms with Gasteiger partial charge in [-0.2, -0.15) is 0 Å². The maximum absolute atomic E-state index is 11.1. The number of nitro groups is 1. The third-order valence-electron chi connectivity index (χ3n) is 2.84. The Bertz CT molecular complexity index is 769. The first-order chi connectivity index (χ1) is 10.8. The van der Waals surface area contributed by atoms with Gasteiger partial charge < -0.3 is 9.26 Å². The highest BCUT2D eigenvalue weighted by molar-refractivity contribution is 14.1. The van der Waals surface area contributed by atoms with Gasteiger partial charge in [-0.25, -0.2) is 0 Å². The van der Waals surface area contributed by atoms with E-state index in [1.54, 1.807) is 19.1 Å². The van der Waals surface area contributed by atoms with Crippen LogP contribution in [-0.4, -0.2) is 16.2 Å². The minimum Gasteiger partial charge on any atom is -0.489 e. The topological polar surface area (TPSA) is 78.4 Å². The fourth-order valence-electron chi connectivity index (χ4n) is 1.94. The highest BCUT2D eigenvalue weighted by atomic mass is 127. The Hall–Kier alpha value is -1.17. The Morgan fingerprint density at radius 2 is 2.04 bits per heavy atom. The number of hydrogen-bond donors (Lipinski definition) is 0. The van der Waals surface area contributed by atoms with Crippen LogP contribution < -0.4 is 4.74 Å². The molecule has 0 spiro atoms. The molecule has 8 heteroatoms. The first-order valence-corrected chi connectivity index (χ1v) is 8.89. The molecule has 6 nitrogen and oxygen atoms in total. The van der Waals surface area contributed by atoms with Gasteiger partial charge in [0.25, 0.3) is 0 Å². The van der Waals surface area contributed by atoms with Crippen molar-refractivity contribution < 1.29 is 14.2 Å². The number of rotatable bonds is 5. The molecular weight excluding hydrogens is 526 g/mol. The van der Waals surface area contributed by atoms with Crippen LogP contribution in [0.25, 0.3) is 12.2 Å². The Morgan fingerprint density at radius 1 is 1.35 bits per heavy atom. The summed E-state index contributed by atoms with van der Waals surface area (Å²) in [5.74, 6) is 0.869. The molecule has 2 aromatic rings. The quantitative estimate of drug-likeness (QED) is 0.301. The van der Waals surface area contributed by atoms with E-state index in [0.29, 0.717) is 0 Å². The van der Waals surface area contributed by atoms with E-state index in [2.05, 4.69) is 50.3 Å². The fraction of sp³-hybridized carbons (Fsp3) is 0.267. The number of benzene rings is 1. The Kier molecular flexibility index (Phi) is 6.00. The minimum atomic E-state index is -0.491. The van der Waals surface area contributed by atoms with E-state index < -0.39 is 4.92 Å². The maximum Gasteiger partial charge on any atom is 0.338 e. The summed E-state index contributed by atoms with van der Waals surface area (Å²) in [6, 6.07) is 3.96. The van der Waals surface area contributed by atoms with Gasteiger partial charge in [0.1, 0.15) is 5.75 Å². The van der Waals surface area contributed by atoms with Crippen molar-refractivity contribution >= 4 is 63.0 Å². The van der Waals surface area contributed by atoms with E-state index in [1.165, 1.54) is 0 Å². The van der Waals surface area contributed by atoms with E-state index >= 15 is 0 Å². The lowest BCUT2D eigenvalue weighted by molar-refractivity contribution is -0.386. The molecule has 0 aliphatic rings. The Morgan fingerprint density at radius 3 is 2.65 bits per heavy atom. The zero-order chi connectivity index (χ0) is 17.1. The van der Waals surface area contributed by atoms with Gasteiger partial charge in [-0.15, -0.1) is 0 Å². The molecule has 0 N–H and O–H groups in total. The molecule has 0 atom stereocenters. The molecule has 0 amide bonds. The molecule has 0 aliphatic carbocycles.